The summed E-state index contributed by atoms with van der Waals surface area (Å²) < 4.78 is 2.08. The van der Waals surface area contributed by atoms with E-state index < -0.39 is 0 Å². The number of hydrogen-bond donors (Lipinski definition) is 1. The van der Waals surface area contributed by atoms with Crippen LogP contribution in [0.1, 0.15) is 49.7 Å². The zero-order valence-electron chi connectivity index (χ0n) is 18.2. The van der Waals surface area contributed by atoms with E-state index in [4.69, 9.17) is 11.6 Å². The number of nitrogens with zero attached hydrogens (tertiary/aromatic N) is 2. The summed E-state index contributed by atoms with van der Waals surface area (Å²) in [6, 6.07) is 11.7. The Hall–Kier alpha value is -2.31. The molecule has 1 aliphatic heterocycles. The number of fused-ring (bicyclic) bond motifs is 1. The Bertz CT molecular complexity index is 1110. The van der Waals surface area contributed by atoms with Crippen LogP contribution in [0, 0.1) is 5.92 Å². The van der Waals surface area contributed by atoms with Crippen molar-refractivity contribution in [2.24, 2.45) is 5.92 Å². The highest BCUT2D eigenvalue weighted by molar-refractivity contribution is 7.16. The van der Waals surface area contributed by atoms with Gasteiger partial charge in [0.1, 0.15) is 10.5 Å². The largest absolute Gasteiger partial charge is 0.351 e. The first-order valence-corrected chi connectivity index (χ1v) is 11.9. The van der Waals surface area contributed by atoms with E-state index in [1.54, 1.807) is 11.3 Å². The van der Waals surface area contributed by atoms with Crippen molar-refractivity contribution in [3.63, 3.8) is 0 Å². The molecule has 31 heavy (non-hydrogen) atoms. The number of aromatic nitrogens is 1. The number of nitrogens with one attached hydrogen (secondary N) is 1. The van der Waals surface area contributed by atoms with E-state index in [-0.39, 0.29) is 23.3 Å². The highest BCUT2D eigenvalue weighted by Gasteiger charge is 2.32. The van der Waals surface area contributed by atoms with Crippen LogP contribution in [-0.2, 0) is 11.3 Å². The number of carbonyl (C=O) groups excluding carboxylic acids is 2. The summed E-state index contributed by atoms with van der Waals surface area (Å²) in [7, 11) is 0. The van der Waals surface area contributed by atoms with E-state index in [1.807, 2.05) is 67.4 Å². The summed E-state index contributed by atoms with van der Waals surface area (Å²) in [5.74, 6) is -0.159. The number of piperidine rings is 1. The summed E-state index contributed by atoms with van der Waals surface area (Å²) >= 11 is 7.81. The summed E-state index contributed by atoms with van der Waals surface area (Å²) in [5.41, 5.74) is 1.44. The molecule has 1 N–H and O–H groups in total. The zero-order chi connectivity index (χ0) is 22.2. The lowest BCUT2D eigenvalue weighted by Crippen LogP contribution is -2.50. The van der Waals surface area contributed by atoms with Crippen LogP contribution in [-0.4, -0.2) is 39.9 Å². The third-order valence-electron chi connectivity index (χ3n) is 5.53. The molecule has 1 fully saturated rings. The van der Waals surface area contributed by atoms with Crippen LogP contribution >= 0.6 is 22.9 Å². The molecule has 3 aromatic rings. The second-order valence-corrected chi connectivity index (χ2v) is 10.6. The Labute approximate surface area is 192 Å². The fourth-order valence-corrected chi connectivity index (χ4v) is 5.25. The second kappa shape index (κ2) is 8.67. The number of likely N-dealkylation sites (tertiary alicyclic amines) is 1. The molecule has 1 aliphatic rings. The number of rotatable bonds is 4. The van der Waals surface area contributed by atoms with Crippen molar-refractivity contribution in [1.29, 1.82) is 0 Å². The lowest BCUT2D eigenvalue weighted by atomic mass is 9.95. The van der Waals surface area contributed by atoms with Crippen LogP contribution in [0.4, 0.5) is 0 Å². The molecule has 0 bridgehead atoms. The van der Waals surface area contributed by atoms with Gasteiger partial charge in [-0.1, -0.05) is 23.7 Å². The van der Waals surface area contributed by atoms with Crippen LogP contribution in [0.2, 0.25) is 5.02 Å². The lowest BCUT2D eigenvalue weighted by Gasteiger charge is -2.34. The molecule has 4 rings (SSSR count). The molecule has 1 atom stereocenters. The molecule has 2 amide bonds. The maximum absolute atomic E-state index is 13.6. The van der Waals surface area contributed by atoms with E-state index >= 15 is 0 Å². The van der Waals surface area contributed by atoms with E-state index in [9.17, 15) is 9.59 Å². The number of hydrogen-bond acceptors (Lipinski definition) is 3. The predicted octanol–water partition coefficient (Wildman–Crippen LogP) is 5.17. The van der Waals surface area contributed by atoms with E-state index in [1.165, 1.54) is 0 Å². The van der Waals surface area contributed by atoms with Crippen molar-refractivity contribution in [3.8, 4) is 0 Å². The predicted molar refractivity (Wildman–Crippen MR) is 127 cm³/mol. The van der Waals surface area contributed by atoms with Gasteiger partial charge in [-0.05, 0) is 68.8 Å². The molecular formula is C24H28ClN3O2S. The molecule has 1 aromatic carbocycles. The molecule has 1 saturated heterocycles. The van der Waals surface area contributed by atoms with E-state index in [2.05, 4.69) is 9.88 Å². The lowest BCUT2D eigenvalue weighted by molar-refractivity contribution is -0.127. The summed E-state index contributed by atoms with van der Waals surface area (Å²) in [5, 5.41) is 6.85. The molecule has 0 aliphatic carbocycles. The minimum Gasteiger partial charge on any atom is -0.351 e. The van der Waals surface area contributed by atoms with Crippen molar-refractivity contribution < 1.29 is 9.59 Å². The van der Waals surface area contributed by atoms with Crippen LogP contribution in [0.3, 0.4) is 0 Å². The van der Waals surface area contributed by atoms with Gasteiger partial charge in [-0.15, -0.1) is 11.3 Å². The van der Waals surface area contributed by atoms with E-state index in [0.717, 1.165) is 28.6 Å². The van der Waals surface area contributed by atoms with Crippen LogP contribution in [0.5, 0.6) is 0 Å². The molecule has 0 unspecified atom stereocenters. The van der Waals surface area contributed by atoms with Gasteiger partial charge in [-0.2, -0.15) is 0 Å². The zero-order valence-corrected chi connectivity index (χ0v) is 19.7. The van der Waals surface area contributed by atoms with Gasteiger partial charge in [0.2, 0.25) is 5.91 Å². The van der Waals surface area contributed by atoms with Crippen molar-refractivity contribution in [3.05, 3.63) is 58.1 Å². The Morgan fingerprint density at radius 2 is 2.03 bits per heavy atom. The smallest absolute Gasteiger partial charge is 0.270 e. The molecule has 7 heteroatoms. The van der Waals surface area contributed by atoms with Gasteiger partial charge in [0, 0.05) is 35.6 Å². The van der Waals surface area contributed by atoms with Crippen molar-refractivity contribution in [2.45, 2.75) is 45.7 Å². The monoisotopic (exact) mass is 457 g/mol. The summed E-state index contributed by atoms with van der Waals surface area (Å²) in [6.45, 7) is 7.64. The average Bonchev–Trinajstić information content (AvgIpc) is 3.29. The van der Waals surface area contributed by atoms with Crippen LogP contribution in [0.15, 0.2) is 41.8 Å². The normalized spacial score (nSPS) is 17.2. The van der Waals surface area contributed by atoms with Gasteiger partial charge in [0.05, 0.1) is 5.92 Å². The first-order chi connectivity index (χ1) is 14.7. The maximum atomic E-state index is 13.6. The van der Waals surface area contributed by atoms with Crippen molar-refractivity contribution in [2.75, 3.05) is 13.1 Å². The number of halogens is 1. The fourth-order valence-electron chi connectivity index (χ4n) is 4.14. The van der Waals surface area contributed by atoms with E-state index in [0.29, 0.717) is 30.4 Å². The Balaban J connectivity index is 1.59. The number of carbonyl (C=O) groups is 2. The first kappa shape index (κ1) is 21.9. The Morgan fingerprint density at radius 1 is 1.23 bits per heavy atom. The fraction of sp³-hybridized carbons (Fsp3) is 0.417. The third-order valence-corrected chi connectivity index (χ3v) is 6.72. The third kappa shape index (κ3) is 4.96. The van der Waals surface area contributed by atoms with Gasteiger partial charge < -0.3 is 14.8 Å². The number of thiophene rings is 1. The van der Waals surface area contributed by atoms with Gasteiger partial charge in [0.15, 0.2) is 0 Å². The summed E-state index contributed by atoms with van der Waals surface area (Å²) in [4.78, 5) is 29.2. The number of benzene rings is 1. The molecule has 3 heterocycles. The van der Waals surface area contributed by atoms with Crippen LogP contribution in [0.25, 0.3) is 10.2 Å². The molecule has 164 valence electrons. The maximum Gasteiger partial charge on any atom is 0.270 e. The Kier molecular flexibility index (Phi) is 6.13. The second-order valence-electron chi connectivity index (χ2n) is 9.26. The number of amides is 2. The van der Waals surface area contributed by atoms with Gasteiger partial charge in [-0.3, -0.25) is 9.59 Å². The SMILES string of the molecule is CC(C)(C)NC(=O)[C@H]1CCCN(C(=O)c2cc3ccsc3n2Cc2cccc(Cl)c2)C1. The minimum atomic E-state index is -0.278. The topological polar surface area (TPSA) is 54.3 Å². The molecule has 5 nitrogen and oxygen atoms in total. The highest BCUT2D eigenvalue weighted by Crippen LogP contribution is 2.29. The van der Waals surface area contributed by atoms with Crippen molar-refractivity contribution >= 4 is 45.0 Å². The molecule has 0 spiro atoms. The van der Waals surface area contributed by atoms with Crippen LogP contribution < -0.4 is 5.32 Å². The van der Waals surface area contributed by atoms with Gasteiger partial charge in [-0.25, -0.2) is 0 Å². The summed E-state index contributed by atoms with van der Waals surface area (Å²) in [6.07, 6.45) is 1.64. The molecule has 2 aromatic heterocycles. The average molecular weight is 458 g/mol. The van der Waals surface area contributed by atoms with Gasteiger partial charge >= 0.3 is 0 Å². The molecule has 0 saturated carbocycles. The standard InChI is InChI=1S/C24H28ClN3O2S/c1-24(2,3)26-21(29)18-7-5-10-27(15-18)22(30)20-13-17-9-11-31-23(17)28(20)14-16-6-4-8-19(25)12-16/h4,6,8-9,11-13,18H,5,7,10,14-15H2,1-3H3,(H,26,29)/t18-/m0/s1. The first-order valence-electron chi connectivity index (χ1n) is 10.6. The molecule has 0 radical (unpaired) electrons. The molecular weight excluding hydrogens is 430 g/mol. The minimum absolute atomic E-state index is 0.0151. The quantitative estimate of drug-likeness (QED) is 0.587. The Morgan fingerprint density at radius 3 is 2.77 bits per heavy atom. The highest BCUT2D eigenvalue weighted by atomic mass is 35.5. The van der Waals surface area contributed by atoms with Crippen molar-refractivity contribution in [1.82, 2.24) is 14.8 Å². The van der Waals surface area contributed by atoms with Gasteiger partial charge in [0.25, 0.3) is 5.91 Å².